The molecule has 0 aliphatic heterocycles. The SMILES string of the molecule is C[C@@H](N[C@@H](c1cccnc1)c1ccc(F)c(F)c1)c1ccco1. The molecule has 3 aromatic rings. The number of hydrogen-bond donors (Lipinski definition) is 1. The highest BCUT2D eigenvalue weighted by Gasteiger charge is 2.20. The second-order valence-electron chi connectivity index (χ2n) is 5.30. The van der Waals surface area contributed by atoms with Gasteiger partial charge in [0, 0.05) is 12.4 Å². The Bertz CT molecular complexity index is 760. The number of hydrogen-bond acceptors (Lipinski definition) is 3. The van der Waals surface area contributed by atoms with E-state index in [1.54, 1.807) is 30.8 Å². The minimum absolute atomic E-state index is 0.108. The molecule has 0 saturated heterocycles. The first kappa shape index (κ1) is 15.4. The molecule has 0 amide bonds. The Morgan fingerprint density at radius 2 is 1.91 bits per heavy atom. The number of nitrogens with one attached hydrogen (secondary N) is 1. The fourth-order valence-corrected chi connectivity index (χ4v) is 2.49. The summed E-state index contributed by atoms with van der Waals surface area (Å²) in [5.41, 5.74) is 1.48. The molecule has 0 aliphatic rings. The monoisotopic (exact) mass is 314 g/mol. The van der Waals surface area contributed by atoms with Crippen LogP contribution >= 0.6 is 0 Å². The first-order valence-electron chi connectivity index (χ1n) is 7.29. The van der Waals surface area contributed by atoms with Crippen molar-refractivity contribution in [2.75, 3.05) is 0 Å². The molecule has 2 heterocycles. The molecule has 0 radical (unpaired) electrons. The summed E-state index contributed by atoms with van der Waals surface area (Å²) in [7, 11) is 0. The van der Waals surface area contributed by atoms with E-state index in [1.165, 1.54) is 6.07 Å². The molecule has 3 rings (SSSR count). The lowest BCUT2D eigenvalue weighted by Crippen LogP contribution is -2.25. The van der Waals surface area contributed by atoms with Crippen molar-refractivity contribution in [2.45, 2.75) is 19.0 Å². The lowest BCUT2D eigenvalue weighted by molar-refractivity contribution is 0.410. The van der Waals surface area contributed by atoms with E-state index < -0.39 is 11.6 Å². The highest BCUT2D eigenvalue weighted by atomic mass is 19.2. The van der Waals surface area contributed by atoms with Gasteiger partial charge in [0.1, 0.15) is 5.76 Å². The number of nitrogens with zero attached hydrogens (tertiary/aromatic N) is 1. The van der Waals surface area contributed by atoms with Gasteiger partial charge < -0.3 is 4.42 Å². The molecule has 0 fully saturated rings. The molecule has 3 nitrogen and oxygen atoms in total. The van der Waals surface area contributed by atoms with Gasteiger partial charge in [0.2, 0.25) is 0 Å². The number of rotatable bonds is 5. The van der Waals surface area contributed by atoms with Crippen molar-refractivity contribution < 1.29 is 13.2 Å². The smallest absolute Gasteiger partial charge is 0.159 e. The Labute approximate surface area is 133 Å². The van der Waals surface area contributed by atoms with Crippen molar-refractivity contribution in [3.05, 3.63) is 89.6 Å². The van der Waals surface area contributed by atoms with Crippen molar-refractivity contribution >= 4 is 0 Å². The van der Waals surface area contributed by atoms with Gasteiger partial charge in [-0.15, -0.1) is 0 Å². The fourth-order valence-electron chi connectivity index (χ4n) is 2.49. The minimum atomic E-state index is -0.871. The number of furan rings is 1. The van der Waals surface area contributed by atoms with Crippen LogP contribution in [0.25, 0.3) is 0 Å². The zero-order valence-corrected chi connectivity index (χ0v) is 12.5. The lowest BCUT2D eigenvalue weighted by atomic mass is 9.98. The average Bonchev–Trinajstić information content (AvgIpc) is 3.10. The van der Waals surface area contributed by atoms with Crippen LogP contribution in [0.3, 0.4) is 0 Å². The van der Waals surface area contributed by atoms with E-state index in [0.717, 1.165) is 17.4 Å². The minimum Gasteiger partial charge on any atom is -0.468 e. The van der Waals surface area contributed by atoms with E-state index in [0.29, 0.717) is 5.56 Å². The maximum atomic E-state index is 13.6. The van der Waals surface area contributed by atoms with Gasteiger partial charge in [0.05, 0.1) is 18.3 Å². The van der Waals surface area contributed by atoms with Gasteiger partial charge in [-0.1, -0.05) is 12.1 Å². The first-order valence-corrected chi connectivity index (χ1v) is 7.29. The Hall–Kier alpha value is -2.53. The molecular formula is C18H16F2N2O. The zero-order chi connectivity index (χ0) is 16.2. The van der Waals surface area contributed by atoms with Crippen LogP contribution in [0.5, 0.6) is 0 Å². The predicted molar refractivity (Wildman–Crippen MR) is 82.7 cm³/mol. The quantitative estimate of drug-likeness (QED) is 0.759. The number of benzene rings is 1. The van der Waals surface area contributed by atoms with Gasteiger partial charge in [-0.3, -0.25) is 10.3 Å². The molecule has 2 aromatic heterocycles. The van der Waals surface area contributed by atoms with Crippen LogP contribution in [0, 0.1) is 11.6 Å². The summed E-state index contributed by atoms with van der Waals surface area (Å²) in [6.07, 6.45) is 4.97. The molecule has 0 aliphatic carbocycles. The van der Waals surface area contributed by atoms with E-state index >= 15 is 0 Å². The van der Waals surface area contributed by atoms with Crippen molar-refractivity contribution in [1.29, 1.82) is 0 Å². The lowest BCUT2D eigenvalue weighted by Gasteiger charge is -2.23. The molecule has 23 heavy (non-hydrogen) atoms. The van der Waals surface area contributed by atoms with E-state index in [2.05, 4.69) is 10.3 Å². The first-order chi connectivity index (χ1) is 11.1. The topological polar surface area (TPSA) is 38.1 Å². The van der Waals surface area contributed by atoms with E-state index in [-0.39, 0.29) is 12.1 Å². The van der Waals surface area contributed by atoms with Crippen LogP contribution < -0.4 is 5.32 Å². The van der Waals surface area contributed by atoms with Gasteiger partial charge in [0.15, 0.2) is 11.6 Å². The zero-order valence-electron chi connectivity index (χ0n) is 12.5. The Kier molecular flexibility index (Phi) is 4.48. The average molecular weight is 314 g/mol. The Balaban J connectivity index is 1.95. The van der Waals surface area contributed by atoms with Crippen LogP contribution in [0.15, 0.2) is 65.5 Å². The fraction of sp³-hybridized carbons (Fsp3) is 0.167. The molecule has 1 aromatic carbocycles. The van der Waals surface area contributed by atoms with Crippen LogP contribution in [-0.4, -0.2) is 4.98 Å². The number of pyridine rings is 1. The van der Waals surface area contributed by atoms with Gasteiger partial charge in [-0.05, 0) is 48.4 Å². The van der Waals surface area contributed by atoms with E-state index in [9.17, 15) is 8.78 Å². The molecule has 2 atom stereocenters. The van der Waals surface area contributed by atoms with E-state index in [4.69, 9.17) is 4.42 Å². The third-order valence-electron chi connectivity index (χ3n) is 3.68. The van der Waals surface area contributed by atoms with Crippen LogP contribution in [0.1, 0.15) is 35.9 Å². The van der Waals surface area contributed by atoms with Crippen molar-refractivity contribution in [3.8, 4) is 0 Å². The van der Waals surface area contributed by atoms with Crippen molar-refractivity contribution in [3.63, 3.8) is 0 Å². The maximum Gasteiger partial charge on any atom is 0.159 e. The maximum absolute atomic E-state index is 13.6. The molecule has 1 N–H and O–H groups in total. The predicted octanol–water partition coefficient (Wildman–Crippen LogP) is 4.39. The molecule has 0 spiro atoms. The number of aromatic nitrogens is 1. The summed E-state index contributed by atoms with van der Waals surface area (Å²) in [4.78, 5) is 4.11. The molecule has 118 valence electrons. The number of halogens is 2. The summed E-state index contributed by atoms with van der Waals surface area (Å²) >= 11 is 0. The highest BCUT2D eigenvalue weighted by molar-refractivity contribution is 5.31. The van der Waals surface area contributed by atoms with Crippen LogP contribution in [0.2, 0.25) is 0 Å². The van der Waals surface area contributed by atoms with Crippen molar-refractivity contribution in [1.82, 2.24) is 10.3 Å². The van der Waals surface area contributed by atoms with Gasteiger partial charge in [-0.25, -0.2) is 8.78 Å². The summed E-state index contributed by atoms with van der Waals surface area (Å²) < 4.78 is 32.3. The van der Waals surface area contributed by atoms with Crippen molar-refractivity contribution in [2.24, 2.45) is 0 Å². The summed E-state index contributed by atoms with van der Waals surface area (Å²) in [5.74, 6) is -0.969. The second-order valence-corrected chi connectivity index (χ2v) is 5.30. The normalized spacial score (nSPS) is 13.7. The summed E-state index contributed by atoms with van der Waals surface area (Å²) in [5, 5.41) is 3.38. The molecule has 0 unspecified atom stereocenters. The summed E-state index contributed by atoms with van der Waals surface area (Å²) in [6.45, 7) is 1.95. The third-order valence-corrected chi connectivity index (χ3v) is 3.68. The second kappa shape index (κ2) is 6.71. The van der Waals surface area contributed by atoms with E-state index in [1.807, 2.05) is 25.1 Å². The Morgan fingerprint density at radius 3 is 2.57 bits per heavy atom. The van der Waals surface area contributed by atoms with Gasteiger partial charge in [-0.2, -0.15) is 0 Å². The highest BCUT2D eigenvalue weighted by Crippen LogP contribution is 2.26. The summed E-state index contributed by atoms with van der Waals surface area (Å²) in [6, 6.07) is 10.8. The largest absolute Gasteiger partial charge is 0.468 e. The van der Waals surface area contributed by atoms with Gasteiger partial charge in [0.25, 0.3) is 0 Å². The Morgan fingerprint density at radius 1 is 1.04 bits per heavy atom. The molecular weight excluding hydrogens is 298 g/mol. The van der Waals surface area contributed by atoms with Gasteiger partial charge >= 0.3 is 0 Å². The molecule has 0 saturated carbocycles. The molecule has 5 heteroatoms. The van der Waals surface area contributed by atoms with Crippen LogP contribution in [-0.2, 0) is 0 Å². The molecule has 0 bridgehead atoms. The third kappa shape index (κ3) is 3.46. The standard InChI is InChI=1S/C18H16F2N2O/c1-12(17-5-3-9-23-17)22-18(14-4-2-8-21-11-14)13-6-7-15(19)16(20)10-13/h2-12,18,22H,1H3/t12-,18-/m1/s1. The van der Waals surface area contributed by atoms with Crippen LogP contribution in [0.4, 0.5) is 8.78 Å².